The number of anilines is 1. The molecule has 1 atom stereocenters. The quantitative estimate of drug-likeness (QED) is 0.754. The topological polar surface area (TPSA) is 72.5 Å². The maximum Gasteiger partial charge on any atom is 0.325 e. The number of piperazine rings is 1. The molecule has 1 saturated heterocycles. The Labute approximate surface area is 149 Å². The average Bonchev–Trinajstić information content (AvgIpc) is 3.05. The van der Waals surface area contributed by atoms with Crippen molar-refractivity contribution in [1.29, 1.82) is 0 Å². The fourth-order valence-corrected chi connectivity index (χ4v) is 3.58. The van der Waals surface area contributed by atoms with Gasteiger partial charge in [-0.2, -0.15) is 0 Å². The number of carboxylic acid groups (broad SMARTS) is 1. The van der Waals surface area contributed by atoms with Crippen LogP contribution in [0.4, 0.5) is 10.2 Å². The first-order valence-corrected chi connectivity index (χ1v) is 8.53. The van der Waals surface area contributed by atoms with Gasteiger partial charge in [0.15, 0.2) is 0 Å². The molecule has 6 nitrogen and oxygen atoms in total. The van der Waals surface area contributed by atoms with Gasteiger partial charge in [0.05, 0.1) is 0 Å². The number of aliphatic carboxylic acids is 1. The van der Waals surface area contributed by atoms with Crippen molar-refractivity contribution in [2.24, 2.45) is 0 Å². The molecule has 1 aromatic carbocycles. The maximum atomic E-state index is 13.4. The first-order valence-electron chi connectivity index (χ1n) is 8.53. The highest BCUT2D eigenvalue weighted by molar-refractivity contribution is 5.89. The highest BCUT2D eigenvalue weighted by Gasteiger charge is 2.32. The first kappa shape index (κ1) is 16.5. The number of nitrogens with one attached hydrogen (secondary N) is 1. The fraction of sp³-hybridized carbons (Fsp3) is 0.263. The highest BCUT2D eigenvalue weighted by atomic mass is 19.1. The van der Waals surface area contributed by atoms with Gasteiger partial charge in [0.25, 0.3) is 0 Å². The van der Waals surface area contributed by atoms with E-state index in [2.05, 4.69) is 14.9 Å². The molecular weight excluding hydrogens is 335 g/mol. The van der Waals surface area contributed by atoms with Crippen molar-refractivity contribution in [3.63, 3.8) is 0 Å². The Morgan fingerprint density at radius 2 is 2.00 bits per heavy atom. The van der Waals surface area contributed by atoms with Gasteiger partial charge in [0.2, 0.25) is 0 Å². The Bertz CT molecular complexity index is 920. The molecule has 0 amide bonds. The largest absolute Gasteiger partial charge is 0.480 e. The predicted octanol–water partition coefficient (Wildman–Crippen LogP) is 2.65. The minimum absolute atomic E-state index is 0.346. The van der Waals surface area contributed by atoms with E-state index in [0.29, 0.717) is 37.3 Å². The molecule has 3 aromatic rings. The van der Waals surface area contributed by atoms with E-state index in [1.165, 1.54) is 12.1 Å². The lowest BCUT2D eigenvalue weighted by atomic mass is 10.0. The van der Waals surface area contributed by atoms with Gasteiger partial charge in [0.1, 0.15) is 17.7 Å². The lowest BCUT2D eigenvalue weighted by molar-refractivity contribution is -0.143. The zero-order valence-electron chi connectivity index (χ0n) is 14.1. The van der Waals surface area contributed by atoms with Crippen LogP contribution in [0.5, 0.6) is 0 Å². The monoisotopic (exact) mass is 354 g/mol. The Balaban J connectivity index is 1.57. The predicted molar refractivity (Wildman–Crippen MR) is 96.7 cm³/mol. The summed E-state index contributed by atoms with van der Waals surface area (Å²) in [4.78, 5) is 23.5. The molecule has 2 aromatic heterocycles. The number of H-pyrrole nitrogens is 1. The van der Waals surface area contributed by atoms with Crippen molar-refractivity contribution in [2.75, 3.05) is 31.1 Å². The molecule has 0 bridgehead atoms. The number of benzene rings is 1. The normalized spacial score (nSPS) is 16.7. The molecule has 0 aliphatic carbocycles. The number of carboxylic acids is 1. The minimum atomic E-state index is -0.901. The van der Waals surface area contributed by atoms with Crippen molar-refractivity contribution in [3.05, 3.63) is 60.2 Å². The second kappa shape index (κ2) is 6.76. The van der Waals surface area contributed by atoms with E-state index in [1.807, 2.05) is 23.1 Å². The molecular formula is C19H19FN4O2. The molecule has 0 spiro atoms. The van der Waals surface area contributed by atoms with Crippen LogP contribution in [0.2, 0.25) is 0 Å². The third kappa shape index (κ3) is 3.01. The third-order valence-corrected chi connectivity index (χ3v) is 4.86. The highest BCUT2D eigenvalue weighted by Crippen LogP contribution is 2.30. The van der Waals surface area contributed by atoms with Crippen LogP contribution >= 0.6 is 0 Å². The van der Waals surface area contributed by atoms with Gasteiger partial charge < -0.3 is 15.0 Å². The third-order valence-electron chi connectivity index (χ3n) is 4.86. The van der Waals surface area contributed by atoms with E-state index in [-0.39, 0.29) is 5.82 Å². The molecule has 134 valence electrons. The van der Waals surface area contributed by atoms with Crippen LogP contribution in [-0.4, -0.2) is 52.1 Å². The van der Waals surface area contributed by atoms with Gasteiger partial charge in [0, 0.05) is 55.0 Å². The average molecular weight is 354 g/mol. The first-order chi connectivity index (χ1) is 12.6. The second-order valence-electron chi connectivity index (χ2n) is 6.39. The number of halogens is 1. The number of nitrogens with zero attached hydrogens (tertiary/aromatic N) is 3. The molecule has 2 N–H and O–H groups in total. The van der Waals surface area contributed by atoms with Crippen LogP contribution in [-0.2, 0) is 4.79 Å². The van der Waals surface area contributed by atoms with Gasteiger partial charge in [-0.3, -0.25) is 9.69 Å². The lowest BCUT2D eigenvalue weighted by Crippen LogP contribution is -2.49. The lowest BCUT2D eigenvalue weighted by Gasteiger charge is -2.38. The van der Waals surface area contributed by atoms with Crippen molar-refractivity contribution >= 4 is 22.7 Å². The summed E-state index contributed by atoms with van der Waals surface area (Å²) in [7, 11) is 0. The van der Waals surface area contributed by atoms with Crippen molar-refractivity contribution in [2.45, 2.75) is 6.04 Å². The van der Waals surface area contributed by atoms with E-state index in [0.717, 1.165) is 11.2 Å². The van der Waals surface area contributed by atoms with Crippen LogP contribution in [0.25, 0.3) is 10.9 Å². The summed E-state index contributed by atoms with van der Waals surface area (Å²) in [5.41, 5.74) is 1.28. The molecule has 4 rings (SSSR count). The SMILES string of the molecule is O=C(O)C(c1c[nH]c2cc(F)ccc12)N1CCN(c2ccccn2)CC1. The van der Waals surface area contributed by atoms with Crippen molar-refractivity contribution in [3.8, 4) is 0 Å². The molecule has 7 heteroatoms. The van der Waals surface area contributed by atoms with E-state index in [4.69, 9.17) is 0 Å². The Kier molecular flexibility index (Phi) is 4.30. The van der Waals surface area contributed by atoms with E-state index in [1.54, 1.807) is 18.5 Å². The summed E-state index contributed by atoms with van der Waals surface area (Å²) in [5.74, 6) is -0.343. The van der Waals surface area contributed by atoms with Crippen LogP contribution in [0.15, 0.2) is 48.8 Å². The maximum absolute atomic E-state index is 13.4. The Morgan fingerprint density at radius 3 is 2.69 bits per heavy atom. The number of hydrogen-bond acceptors (Lipinski definition) is 4. The molecule has 0 saturated carbocycles. The molecule has 3 heterocycles. The minimum Gasteiger partial charge on any atom is -0.480 e. The van der Waals surface area contributed by atoms with Crippen LogP contribution in [0.1, 0.15) is 11.6 Å². The van der Waals surface area contributed by atoms with E-state index >= 15 is 0 Å². The summed E-state index contributed by atoms with van der Waals surface area (Å²) in [6, 6.07) is 9.39. The van der Waals surface area contributed by atoms with Gasteiger partial charge in [-0.1, -0.05) is 6.07 Å². The molecule has 1 unspecified atom stereocenters. The summed E-state index contributed by atoms with van der Waals surface area (Å²) < 4.78 is 13.4. The van der Waals surface area contributed by atoms with E-state index in [9.17, 15) is 14.3 Å². The summed E-state index contributed by atoms with van der Waals surface area (Å²) in [6.07, 6.45) is 3.43. The van der Waals surface area contributed by atoms with E-state index < -0.39 is 12.0 Å². The molecule has 1 fully saturated rings. The number of hydrogen-bond donors (Lipinski definition) is 2. The van der Waals surface area contributed by atoms with Gasteiger partial charge in [-0.25, -0.2) is 9.37 Å². The van der Waals surface area contributed by atoms with Gasteiger partial charge in [-0.15, -0.1) is 0 Å². The number of pyridine rings is 1. The zero-order chi connectivity index (χ0) is 18.1. The summed E-state index contributed by atoms with van der Waals surface area (Å²) in [5, 5.41) is 10.6. The molecule has 1 aliphatic heterocycles. The fourth-order valence-electron chi connectivity index (χ4n) is 3.58. The summed E-state index contributed by atoms with van der Waals surface area (Å²) >= 11 is 0. The van der Waals surface area contributed by atoms with Crippen LogP contribution in [0, 0.1) is 5.82 Å². The van der Waals surface area contributed by atoms with Crippen LogP contribution in [0.3, 0.4) is 0 Å². The summed E-state index contributed by atoms with van der Waals surface area (Å²) in [6.45, 7) is 2.64. The smallest absolute Gasteiger partial charge is 0.325 e. The number of fused-ring (bicyclic) bond motifs is 1. The molecule has 26 heavy (non-hydrogen) atoms. The Hall–Kier alpha value is -2.93. The number of rotatable bonds is 4. The zero-order valence-corrected chi connectivity index (χ0v) is 14.1. The number of aromatic amines is 1. The van der Waals surface area contributed by atoms with Crippen molar-refractivity contribution < 1.29 is 14.3 Å². The number of aromatic nitrogens is 2. The molecule has 1 aliphatic rings. The molecule has 0 radical (unpaired) electrons. The van der Waals surface area contributed by atoms with Gasteiger partial charge in [-0.05, 0) is 30.3 Å². The Morgan fingerprint density at radius 1 is 1.19 bits per heavy atom. The standard InChI is InChI=1S/C19H19FN4O2/c20-13-4-5-14-15(12-22-16(14)11-13)18(19(25)26)24-9-7-23(8-10-24)17-3-1-2-6-21-17/h1-6,11-12,18,22H,7-10H2,(H,25,26). The van der Waals surface area contributed by atoms with Crippen LogP contribution < -0.4 is 4.90 Å². The van der Waals surface area contributed by atoms with Crippen molar-refractivity contribution in [1.82, 2.24) is 14.9 Å². The van der Waals surface area contributed by atoms with Gasteiger partial charge >= 0.3 is 5.97 Å². The number of carbonyl (C=O) groups is 1. The second-order valence-corrected chi connectivity index (χ2v) is 6.39.